The van der Waals surface area contributed by atoms with Crippen molar-refractivity contribution >= 4 is 21.7 Å². The SMILES string of the molecule is CCOC1CCN(CC(=O)c2ccccc2Br)CC1. The van der Waals surface area contributed by atoms with E-state index in [1.54, 1.807) is 0 Å². The van der Waals surface area contributed by atoms with E-state index in [2.05, 4.69) is 20.8 Å². The summed E-state index contributed by atoms with van der Waals surface area (Å²) in [7, 11) is 0. The standard InChI is InChI=1S/C15H20BrNO2/c1-2-19-12-7-9-17(10-8-12)11-15(18)13-5-3-4-6-14(13)16/h3-6,12H,2,7-11H2,1H3. The van der Waals surface area contributed by atoms with Gasteiger partial charge >= 0.3 is 0 Å². The number of halogens is 1. The van der Waals surface area contributed by atoms with Crippen LogP contribution in [0.3, 0.4) is 0 Å². The van der Waals surface area contributed by atoms with Crippen LogP contribution in [0.4, 0.5) is 0 Å². The largest absolute Gasteiger partial charge is 0.378 e. The molecule has 0 saturated carbocycles. The number of ketones is 1. The van der Waals surface area contributed by atoms with E-state index in [9.17, 15) is 4.79 Å². The Morgan fingerprint density at radius 2 is 2.05 bits per heavy atom. The summed E-state index contributed by atoms with van der Waals surface area (Å²) in [6, 6.07) is 7.61. The fourth-order valence-corrected chi connectivity index (χ4v) is 2.95. The number of carbonyl (C=O) groups is 1. The quantitative estimate of drug-likeness (QED) is 0.779. The summed E-state index contributed by atoms with van der Waals surface area (Å²) >= 11 is 3.43. The average Bonchev–Trinajstić information content (AvgIpc) is 2.42. The predicted octanol–water partition coefficient (Wildman–Crippen LogP) is 3.13. The van der Waals surface area contributed by atoms with Gasteiger partial charge in [-0.15, -0.1) is 0 Å². The number of nitrogens with zero attached hydrogens (tertiary/aromatic N) is 1. The molecule has 1 heterocycles. The van der Waals surface area contributed by atoms with E-state index in [1.165, 1.54) is 0 Å². The Bertz CT molecular complexity index is 428. The van der Waals surface area contributed by atoms with E-state index >= 15 is 0 Å². The van der Waals surface area contributed by atoms with Crippen molar-refractivity contribution in [2.75, 3.05) is 26.2 Å². The topological polar surface area (TPSA) is 29.5 Å². The number of Topliss-reactive ketones (excluding diaryl/α,β-unsaturated/α-hetero) is 1. The van der Waals surface area contributed by atoms with Gasteiger partial charge < -0.3 is 4.74 Å². The highest BCUT2D eigenvalue weighted by Gasteiger charge is 2.21. The lowest BCUT2D eigenvalue weighted by atomic mass is 10.1. The number of ether oxygens (including phenoxy) is 1. The molecule has 0 aliphatic carbocycles. The fourth-order valence-electron chi connectivity index (χ4n) is 2.45. The maximum Gasteiger partial charge on any atom is 0.177 e. The van der Waals surface area contributed by atoms with Crippen molar-refractivity contribution in [3.05, 3.63) is 34.3 Å². The van der Waals surface area contributed by atoms with Crippen LogP contribution in [0.1, 0.15) is 30.1 Å². The number of rotatable bonds is 5. The number of likely N-dealkylation sites (tertiary alicyclic amines) is 1. The number of piperidine rings is 1. The molecule has 0 radical (unpaired) electrons. The van der Waals surface area contributed by atoms with Crippen molar-refractivity contribution in [3.8, 4) is 0 Å². The molecule has 1 aromatic carbocycles. The molecule has 0 N–H and O–H groups in total. The molecule has 4 heteroatoms. The molecule has 2 rings (SSSR count). The number of benzene rings is 1. The van der Waals surface area contributed by atoms with Crippen LogP contribution in [0.2, 0.25) is 0 Å². The van der Waals surface area contributed by atoms with E-state index in [-0.39, 0.29) is 5.78 Å². The van der Waals surface area contributed by atoms with E-state index in [1.807, 2.05) is 31.2 Å². The van der Waals surface area contributed by atoms with Gasteiger partial charge in [-0.25, -0.2) is 0 Å². The zero-order valence-electron chi connectivity index (χ0n) is 11.3. The van der Waals surface area contributed by atoms with Gasteiger partial charge in [-0.1, -0.05) is 34.1 Å². The summed E-state index contributed by atoms with van der Waals surface area (Å²) in [4.78, 5) is 14.5. The molecule has 19 heavy (non-hydrogen) atoms. The Morgan fingerprint density at radius 1 is 1.37 bits per heavy atom. The summed E-state index contributed by atoms with van der Waals surface area (Å²) in [6.45, 7) is 5.20. The van der Waals surface area contributed by atoms with Gasteiger partial charge in [0.1, 0.15) is 0 Å². The van der Waals surface area contributed by atoms with Gasteiger partial charge in [-0.3, -0.25) is 9.69 Å². The third-order valence-corrected chi connectivity index (χ3v) is 4.17. The Balaban J connectivity index is 1.86. The minimum Gasteiger partial charge on any atom is -0.378 e. The first-order chi connectivity index (χ1) is 9.20. The molecule has 1 fully saturated rings. The second-order valence-corrected chi connectivity index (χ2v) is 5.69. The molecule has 1 aliphatic heterocycles. The van der Waals surface area contributed by atoms with Crippen LogP contribution < -0.4 is 0 Å². The normalized spacial score (nSPS) is 17.6. The average molecular weight is 326 g/mol. The Kier molecular flexibility index (Phi) is 5.55. The molecule has 104 valence electrons. The highest BCUT2D eigenvalue weighted by Crippen LogP contribution is 2.18. The molecule has 0 atom stereocenters. The predicted molar refractivity (Wildman–Crippen MR) is 79.6 cm³/mol. The first-order valence-corrected chi connectivity index (χ1v) is 7.61. The van der Waals surface area contributed by atoms with Crippen molar-refractivity contribution in [2.24, 2.45) is 0 Å². The molecule has 0 aromatic heterocycles. The van der Waals surface area contributed by atoms with Gasteiger partial charge in [0.15, 0.2) is 5.78 Å². The van der Waals surface area contributed by atoms with Crippen molar-refractivity contribution < 1.29 is 9.53 Å². The van der Waals surface area contributed by atoms with Crippen molar-refractivity contribution in [2.45, 2.75) is 25.9 Å². The first kappa shape index (κ1) is 14.7. The summed E-state index contributed by atoms with van der Waals surface area (Å²) < 4.78 is 6.50. The summed E-state index contributed by atoms with van der Waals surface area (Å²) in [5.74, 6) is 0.183. The molecular formula is C15H20BrNO2. The molecule has 3 nitrogen and oxygen atoms in total. The number of hydrogen-bond donors (Lipinski definition) is 0. The molecule has 0 bridgehead atoms. The first-order valence-electron chi connectivity index (χ1n) is 6.82. The highest BCUT2D eigenvalue weighted by molar-refractivity contribution is 9.10. The monoisotopic (exact) mass is 325 g/mol. The smallest absolute Gasteiger partial charge is 0.177 e. The van der Waals surface area contributed by atoms with Crippen LogP contribution in [0.25, 0.3) is 0 Å². The molecule has 0 spiro atoms. The Labute approximate surface area is 123 Å². The van der Waals surface area contributed by atoms with Crippen LogP contribution in [0.5, 0.6) is 0 Å². The molecule has 1 aliphatic rings. The maximum absolute atomic E-state index is 12.2. The minimum atomic E-state index is 0.183. The van der Waals surface area contributed by atoms with Gasteiger partial charge in [0.05, 0.1) is 12.6 Å². The fraction of sp³-hybridized carbons (Fsp3) is 0.533. The van der Waals surface area contributed by atoms with E-state index in [0.29, 0.717) is 12.6 Å². The van der Waals surface area contributed by atoms with Crippen molar-refractivity contribution in [1.29, 1.82) is 0 Å². The highest BCUT2D eigenvalue weighted by atomic mass is 79.9. The molecule has 1 aromatic rings. The summed E-state index contributed by atoms with van der Waals surface area (Å²) in [5, 5.41) is 0. The Morgan fingerprint density at radius 3 is 2.68 bits per heavy atom. The van der Waals surface area contributed by atoms with Gasteiger partial charge in [-0.05, 0) is 25.8 Å². The second kappa shape index (κ2) is 7.17. The third-order valence-electron chi connectivity index (χ3n) is 3.48. The van der Waals surface area contributed by atoms with E-state index < -0.39 is 0 Å². The van der Waals surface area contributed by atoms with E-state index in [0.717, 1.165) is 42.6 Å². The number of hydrogen-bond acceptors (Lipinski definition) is 3. The van der Waals surface area contributed by atoms with Crippen molar-refractivity contribution in [1.82, 2.24) is 4.90 Å². The maximum atomic E-state index is 12.2. The van der Waals surface area contributed by atoms with Gasteiger partial charge in [-0.2, -0.15) is 0 Å². The van der Waals surface area contributed by atoms with Gasteiger partial charge in [0, 0.05) is 29.7 Å². The van der Waals surface area contributed by atoms with Crippen LogP contribution >= 0.6 is 15.9 Å². The molecule has 1 saturated heterocycles. The molecule has 0 amide bonds. The zero-order valence-corrected chi connectivity index (χ0v) is 12.9. The Hall–Kier alpha value is -0.710. The lowest BCUT2D eigenvalue weighted by Gasteiger charge is -2.31. The zero-order chi connectivity index (χ0) is 13.7. The summed E-state index contributed by atoms with van der Waals surface area (Å²) in [6.07, 6.45) is 2.42. The lowest BCUT2D eigenvalue weighted by Crippen LogP contribution is -2.39. The van der Waals surface area contributed by atoms with Crippen LogP contribution in [0, 0.1) is 0 Å². The lowest BCUT2D eigenvalue weighted by molar-refractivity contribution is 0.0147. The van der Waals surface area contributed by atoms with Gasteiger partial charge in [0.25, 0.3) is 0 Å². The van der Waals surface area contributed by atoms with Gasteiger partial charge in [0.2, 0.25) is 0 Å². The minimum absolute atomic E-state index is 0.183. The van der Waals surface area contributed by atoms with Crippen LogP contribution in [0.15, 0.2) is 28.7 Å². The second-order valence-electron chi connectivity index (χ2n) is 4.83. The van der Waals surface area contributed by atoms with E-state index in [4.69, 9.17) is 4.74 Å². The van der Waals surface area contributed by atoms with Crippen molar-refractivity contribution in [3.63, 3.8) is 0 Å². The van der Waals surface area contributed by atoms with Crippen LogP contribution in [-0.2, 0) is 4.74 Å². The number of carbonyl (C=O) groups excluding carboxylic acids is 1. The summed E-state index contributed by atoms with van der Waals surface area (Å²) in [5.41, 5.74) is 0.773. The molecular weight excluding hydrogens is 306 g/mol. The molecule has 0 unspecified atom stereocenters. The third kappa shape index (κ3) is 4.13. The van der Waals surface area contributed by atoms with Crippen LogP contribution in [-0.4, -0.2) is 43.0 Å².